The summed E-state index contributed by atoms with van der Waals surface area (Å²) in [6.45, 7) is 6.03. The molecule has 0 radical (unpaired) electrons. The molecule has 3 fully saturated rings. The van der Waals surface area contributed by atoms with E-state index in [0.717, 1.165) is 74.8 Å². The van der Waals surface area contributed by atoms with Crippen molar-refractivity contribution in [2.45, 2.75) is 81.0 Å². The Labute approximate surface area is 200 Å². The molecule has 3 aliphatic rings. The maximum Gasteiger partial charge on any atom is 0.324 e. The van der Waals surface area contributed by atoms with Crippen LogP contribution in [0.5, 0.6) is 0 Å². The van der Waals surface area contributed by atoms with Gasteiger partial charge in [0, 0.05) is 25.2 Å². The van der Waals surface area contributed by atoms with Gasteiger partial charge in [0.25, 0.3) is 0 Å². The molecule has 1 aromatic rings. The summed E-state index contributed by atoms with van der Waals surface area (Å²) in [5.41, 5.74) is 0. The molecule has 1 aromatic heterocycles. The van der Waals surface area contributed by atoms with Crippen LogP contribution < -0.4 is 10.6 Å². The number of hydrogen-bond acceptors (Lipinski definition) is 6. The molecule has 1 aliphatic carbocycles. The third kappa shape index (κ3) is 6.38. The molecule has 0 spiro atoms. The van der Waals surface area contributed by atoms with E-state index in [-0.39, 0.29) is 11.9 Å². The Balaban J connectivity index is 1.33. The van der Waals surface area contributed by atoms with Gasteiger partial charge in [0.2, 0.25) is 5.91 Å². The number of nitrogens with one attached hydrogen (secondary N) is 2. The van der Waals surface area contributed by atoms with Gasteiger partial charge in [-0.1, -0.05) is 18.3 Å². The highest BCUT2D eigenvalue weighted by Gasteiger charge is 2.34. The first-order chi connectivity index (χ1) is 15.6. The number of amides is 3. The second kappa shape index (κ2) is 11.7. The first kappa shape index (κ1) is 23.8. The Morgan fingerprint density at radius 3 is 2.53 bits per heavy atom. The van der Waals surface area contributed by atoms with Crippen molar-refractivity contribution in [2.24, 2.45) is 5.92 Å². The second-order valence-electron chi connectivity index (χ2n) is 9.45. The van der Waals surface area contributed by atoms with E-state index in [1.165, 1.54) is 42.4 Å². The van der Waals surface area contributed by atoms with Gasteiger partial charge >= 0.3 is 6.03 Å². The zero-order valence-corrected chi connectivity index (χ0v) is 20.8. The van der Waals surface area contributed by atoms with Crippen molar-refractivity contribution in [1.82, 2.24) is 20.1 Å². The third-order valence-corrected chi connectivity index (χ3v) is 9.15. The lowest BCUT2D eigenvalue weighted by Gasteiger charge is -2.42. The topological polar surface area (TPSA) is 77.6 Å². The number of likely N-dealkylation sites (tertiary alicyclic amines) is 1. The molecule has 7 nitrogen and oxygen atoms in total. The van der Waals surface area contributed by atoms with E-state index in [1.54, 1.807) is 6.20 Å². The Hall–Kier alpha value is -1.32. The highest BCUT2D eigenvalue weighted by Crippen LogP contribution is 2.32. The highest BCUT2D eigenvalue weighted by atomic mass is 32.2. The summed E-state index contributed by atoms with van der Waals surface area (Å²) in [5, 5.41) is 7.13. The summed E-state index contributed by atoms with van der Waals surface area (Å²) in [6, 6.07) is 0.614. The van der Waals surface area contributed by atoms with Gasteiger partial charge in [0.05, 0.1) is 16.2 Å². The summed E-state index contributed by atoms with van der Waals surface area (Å²) >= 11 is 3.00. The van der Waals surface area contributed by atoms with Crippen LogP contribution in [0.4, 0.5) is 9.93 Å². The van der Waals surface area contributed by atoms with E-state index in [2.05, 4.69) is 27.4 Å². The summed E-state index contributed by atoms with van der Waals surface area (Å²) in [4.78, 5) is 34.3. The molecule has 4 rings (SSSR count). The Kier molecular flexibility index (Phi) is 8.71. The first-order valence-corrected chi connectivity index (χ1v) is 14.1. The number of anilines is 1. The predicted molar refractivity (Wildman–Crippen MR) is 131 cm³/mol. The van der Waals surface area contributed by atoms with E-state index < -0.39 is 0 Å². The zero-order chi connectivity index (χ0) is 22.3. The molecule has 1 saturated carbocycles. The summed E-state index contributed by atoms with van der Waals surface area (Å²) in [7, 11) is 0. The van der Waals surface area contributed by atoms with Gasteiger partial charge in [-0.2, -0.15) is 0 Å². The predicted octanol–water partition coefficient (Wildman–Crippen LogP) is 4.41. The normalized spacial score (nSPS) is 24.8. The third-order valence-electron chi connectivity index (χ3n) is 7.06. The number of hydrogen-bond donors (Lipinski definition) is 2. The Morgan fingerprint density at radius 2 is 1.81 bits per heavy atom. The maximum absolute atomic E-state index is 13.4. The minimum absolute atomic E-state index is 0.00764. The summed E-state index contributed by atoms with van der Waals surface area (Å²) < 4.78 is 0.977. The van der Waals surface area contributed by atoms with E-state index in [0.29, 0.717) is 23.0 Å². The van der Waals surface area contributed by atoms with Crippen molar-refractivity contribution >= 4 is 40.2 Å². The van der Waals surface area contributed by atoms with Crippen LogP contribution in [-0.2, 0) is 4.79 Å². The van der Waals surface area contributed by atoms with Crippen LogP contribution in [0, 0.1) is 5.92 Å². The maximum atomic E-state index is 13.4. The molecule has 0 atom stereocenters. The fourth-order valence-corrected chi connectivity index (χ4v) is 6.91. The number of rotatable bonds is 6. The molecule has 2 aliphatic heterocycles. The van der Waals surface area contributed by atoms with Crippen molar-refractivity contribution < 1.29 is 9.59 Å². The lowest BCUT2D eigenvalue weighted by molar-refractivity contribution is -0.129. The zero-order valence-electron chi connectivity index (χ0n) is 19.2. The van der Waals surface area contributed by atoms with E-state index >= 15 is 0 Å². The van der Waals surface area contributed by atoms with Crippen molar-refractivity contribution in [3.63, 3.8) is 0 Å². The second-order valence-corrected chi connectivity index (χ2v) is 11.8. The molecular weight excluding hydrogens is 442 g/mol. The standard InChI is InChI=1S/C23H37N5O2S2/c1-17-5-7-18(8-6-17)28(19-9-11-24-12-10-19)23(30)26-22-25-15-21(32-22)31-16-20(29)27-13-3-2-4-14-27/h15,17-19,24H,2-14,16H2,1H3,(H,25,26,30)/t17-,18-. The fourth-order valence-electron chi connectivity index (χ4n) is 5.14. The molecule has 0 unspecified atom stereocenters. The van der Waals surface area contributed by atoms with Gasteiger partial charge < -0.3 is 15.1 Å². The first-order valence-electron chi connectivity index (χ1n) is 12.3. The van der Waals surface area contributed by atoms with Crippen LogP contribution in [0.3, 0.4) is 0 Å². The smallest absolute Gasteiger partial charge is 0.324 e. The van der Waals surface area contributed by atoms with Crippen LogP contribution >= 0.6 is 23.1 Å². The molecular formula is C23H37N5O2S2. The molecule has 2 N–H and O–H groups in total. The van der Waals surface area contributed by atoms with E-state index in [4.69, 9.17) is 0 Å². The number of nitrogens with zero attached hydrogens (tertiary/aromatic N) is 3. The molecule has 32 heavy (non-hydrogen) atoms. The number of thiazole rings is 1. The van der Waals surface area contributed by atoms with Gasteiger partial charge in [0.15, 0.2) is 5.13 Å². The molecule has 0 bridgehead atoms. The average molecular weight is 480 g/mol. The van der Waals surface area contributed by atoms with Crippen LogP contribution in [0.25, 0.3) is 0 Å². The number of carbonyl (C=O) groups excluding carboxylic acids is 2. The SMILES string of the molecule is C[C@H]1CC[C@H](N(C(=O)Nc2ncc(SCC(=O)N3CCCCC3)s2)C2CCNCC2)CC1. The molecule has 178 valence electrons. The van der Waals surface area contributed by atoms with Gasteiger partial charge in [-0.3, -0.25) is 10.1 Å². The summed E-state index contributed by atoms with van der Waals surface area (Å²) in [6.07, 6.45) is 11.8. The molecule has 3 amide bonds. The number of piperidine rings is 2. The van der Waals surface area contributed by atoms with Crippen LogP contribution in [0.2, 0.25) is 0 Å². The van der Waals surface area contributed by atoms with Gasteiger partial charge in [-0.25, -0.2) is 9.78 Å². The van der Waals surface area contributed by atoms with E-state index in [9.17, 15) is 9.59 Å². The number of thioether (sulfide) groups is 1. The molecule has 9 heteroatoms. The largest absolute Gasteiger partial charge is 0.342 e. The van der Waals surface area contributed by atoms with E-state index in [1.807, 2.05) is 4.90 Å². The van der Waals surface area contributed by atoms with Gasteiger partial charge in [-0.15, -0.1) is 11.8 Å². The summed E-state index contributed by atoms with van der Waals surface area (Å²) in [5.74, 6) is 1.41. The Bertz CT molecular complexity index is 753. The highest BCUT2D eigenvalue weighted by molar-refractivity contribution is 8.01. The minimum atomic E-state index is -0.00764. The molecule has 3 heterocycles. The van der Waals surface area contributed by atoms with Crippen LogP contribution in [0.15, 0.2) is 10.4 Å². The Morgan fingerprint density at radius 1 is 1.12 bits per heavy atom. The quantitative estimate of drug-likeness (QED) is 0.591. The van der Waals surface area contributed by atoms with Crippen molar-refractivity contribution in [1.29, 1.82) is 0 Å². The minimum Gasteiger partial charge on any atom is -0.342 e. The lowest BCUT2D eigenvalue weighted by atomic mass is 9.85. The van der Waals surface area contributed by atoms with Crippen LogP contribution in [-0.4, -0.2) is 70.7 Å². The van der Waals surface area contributed by atoms with Gasteiger partial charge in [0.1, 0.15) is 0 Å². The number of urea groups is 1. The monoisotopic (exact) mass is 479 g/mol. The van der Waals surface area contributed by atoms with Crippen LogP contribution in [0.1, 0.15) is 64.7 Å². The molecule has 0 aromatic carbocycles. The van der Waals surface area contributed by atoms with Gasteiger partial charge in [-0.05, 0) is 76.8 Å². The fraction of sp³-hybridized carbons (Fsp3) is 0.783. The average Bonchev–Trinajstić information content (AvgIpc) is 3.27. The van der Waals surface area contributed by atoms with Crippen molar-refractivity contribution in [2.75, 3.05) is 37.2 Å². The van der Waals surface area contributed by atoms with Crippen molar-refractivity contribution in [3.05, 3.63) is 6.20 Å². The number of carbonyl (C=O) groups is 2. The molecule has 2 saturated heterocycles. The number of aromatic nitrogens is 1. The van der Waals surface area contributed by atoms with Crippen molar-refractivity contribution in [3.8, 4) is 0 Å². The lowest BCUT2D eigenvalue weighted by Crippen LogP contribution is -2.53.